The Morgan fingerprint density at radius 1 is 0.903 bits per heavy atom. The van der Waals surface area contributed by atoms with Crippen molar-refractivity contribution in [2.24, 2.45) is 4.99 Å². The second-order valence-corrected chi connectivity index (χ2v) is 8.65. The molecule has 0 radical (unpaired) electrons. The zero-order chi connectivity index (χ0) is 21.0. The van der Waals surface area contributed by atoms with Crippen LogP contribution in [0, 0.1) is 6.92 Å². The number of hydrogen-bond donors (Lipinski definition) is 0. The summed E-state index contributed by atoms with van der Waals surface area (Å²) in [5.74, 6) is 1.63. The number of aryl methyl sites for hydroxylation is 1. The summed E-state index contributed by atoms with van der Waals surface area (Å²) in [6.45, 7) is 8.71. The van der Waals surface area contributed by atoms with E-state index in [4.69, 9.17) is 19.2 Å². The number of thiazole rings is 1. The Balaban J connectivity index is 1.51. The fourth-order valence-corrected chi connectivity index (χ4v) is 4.82. The molecular weight excluding hydrogens is 410 g/mol. The van der Waals surface area contributed by atoms with Crippen LogP contribution in [0.5, 0.6) is 11.5 Å². The number of aromatic nitrogens is 1. The zero-order valence-electron chi connectivity index (χ0n) is 17.8. The molecule has 1 fully saturated rings. The SMILES string of the molecule is Cc1ccc(N=c2scc(-c3ccc4c(c3)OCCO4)n2CCN2CCOCC2)cc1. The van der Waals surface area contributed by atoms with Crippen LogP contribution in [0.2, 0.25) is 0 Å². The van der Waals surface area contributed by atoms with Crippen LogP contribution in [-0.4, -0.2) is 55.5 Å². The molecule has 6 nitrogen and oxygen atoms in total. The van der Waals surface area contributed by atoms with Gasteiger partial charge in [-0.25, -0.2) is 4.99 Å². The number of hydrogen-bond acceptors (Lipinski definition) is 6. The molecule has 3 aromatic rings. The molecule has 2 aliphatic heterocycles. The Bertz CT molecular complexity index is 1100. The lowest BCUT2D eigenvalue weighted by atomic mass is 10.1. The van der Waals surface area contributed by atoms with Crippen molar-refractivity contribution in [1.82, 2.24) is 9.47 Å². The topological polar surface area (TPSA) is 48.2 Å². The van der Waals surface area contributed by atoms with Crippen LogP contribution in [0.25, 0.3) is 11.3 Å². The average molecular weight is 438 g/mol. The minimum absolute atomic E-state index is 0.588. The highest BCUT2D eigenvalue weighted by Crippen LogP contribution is 2.34. The van der Waals surface area contributed by atoms with E-state index >= 15 is 0 Å². The molecule has 1 aromatic heterocycles. The quantitative estimate of drug-likeness (QED) is 0.608. The van der Waals surface area contributed by atoms with Crippen molar-refractivity contribution in [3.8, 4) is 22.8 Å². The standard InChI is InChI=1S/C24H27N3O3S/c1-18-2-5-20(6-3-18)25-24-27(9-8-26-10-12-28-13-11-26)21(17-31-24)19-4-7-22-23(16-19)30-15-14-29-22/h2-7,16-17H,8-15H2,1H3. The molecule has 2 aliphatic rings. The highest BCUT2D eigenvalue weighted by Gasteiger charge is 2.16. The van der Waals surface area contributed by atoms with Gasteiger partial charge < -0.3 is 18.8 Å². The second-order valence-electron chi connectivity index (χ2n) is 7.81. The number of ether oxygens (including phenoxy) is 3. The molecule has 0 bridgehead atoms. The first kappa shape index (κ1) is 20.3. The Kier molecular flexibility index (Phi) is 6.06. The molecule has 3 heterocycles. The predicted octanol–water partition coefficient (Wildman–Crippen LogP) is 3.86. The monoisotopic (exact) mass is 437 g/mol. The summed E-state index contributed by atoms with van der Waals surface area (Å²) in [6, 6.07) is 14.5. The van der Waals surface area contributed by atoms with E-state index in [0.29, 0.717) is 13.2 Å². The lowest BCUT2D eigenvalue weighted by molar-refractivity contribution is 0.0363. The third-order valence-electron chi connectivity index (χ3n) is 5.64. The molecule has 0 unspecified atom stereocenters. The molecule has 0 spiro atoms. The summed E-state index contributed by atoms with van der Waals surface area (Å²) in [7, 11) is 0. The van der Waals surface area contributed by atoms with Crippen LogP contribution in [0.1, 0.15) is 5.56 Å². The van der Waals surface area contributed by atoms with Gasteiger partial charge >= 0.3 is 0 Å². The van der Waals surface area contributed by atoms with E-state index < -0.39 is 0 Å². The molecule has 7 heteroatoms. The van der Waals surface area contributed by atoms with E-state index in [1.807, 2.05) is 6.07 Å². The predicted molar refractivity (Wildman–Crippen MR) is 122 cm³/mol. The van der Waals surface area contributed by atoms with Gasteiger partial charge in [-0.2, -0.15) is 0 Å². The van der Waals surface area contributed by atoms with Gasteiger partial charge in [0.05, 0.1) is 24.6 Å². The van der Waals surface area contributed by atoms with Gasteiger partial charge in [0.15, 0.2) is 16.3 Å². The molecule has 0 aliphatic carbocycles. The van der Waals surface area contributed by atoms with Crippen LogP contribution in [-0.2, 0) is 11.3 Å². The summed E-state index contributed by atoms with van der Waals surface area (Å²) in [5, 5.41) is 2.19. The molecular formula is C24H27N3O3S. The van der Waals surface area contributed by atoms with Gasteiger partial charge in [0, 0.05) is 37.1 Å². The first-order valence-corrected chi connectivity index (χ1v) is 11.6. The fraction of sp³-hybridized carbons (Fsp3) is 0.375. The minimum Gasteiger partial charge on any atom is -0.486 e. The van der Waals surface area contributed by atoms with Crippen LogP contribution in [0.15, 0.2) is 52.8 Å². The highest BCUT2D eigenvalue weighted by molar-refractivity contribution is 7.07. The van der Waals surface area contributed by atoms with E-state index in [1.54, 1.807) is 11.3 Å². The Hall–Kier alpha value is -2.61. The maximum absolute atomic E-state index is 5.82. The van der Waals surface area contributed by atoms with Crippen molar-refractivity contribution in [3.05, 3.63) is 58.2 Å². The zero-order valence-corrected chi connectivity index (χ0v) is 18.6. The Morgan fingerprint density at radius 3 is 2.48 bits per heavy atom. The molecule has 0 amide bonds. The van der Waals surface area contributed by atoms with E-state index in [9.17, 15) is 0 Å². The number of fused-ring (bicyclic) bond motifs is 1. The van der Waals surface area contributed by atoms with Crippen LogP contribution >= 0.6 is 11.3 Å². The van der Waals surface area contributed by atoms with Crippen LogP contribution in [0.3, 0.4) is 0 Å². The normalized spacial score (nSPS) is 17.1. The molecule has 2 aromatic carbocycles. The van der Waals surface area contributed by atoms with Crippen molar-refractivity contribution in [1.29, 1.82) is 0 Å². The summed E-state index contributed by atoms with van der Waals surface area (Å²) in [6.07, 6.45) is 0. The third kappa shape index (κ3) is 4.69. The summed E-state index contributed by atoms with van der Waals surface area (Å²) in [4.78, 5) is 8.42. The van der Waals surface area contributed by atoms with E-state index in [0.717, 1.165) is 72.6 Å². The molecule has 1 saturated heterocycles. The van der Waals surface area contributed by atoms with Gasteiger partial charge in [-0.15, -0.1) is 11.3 Å². The summed E-state index contributed by atoms with van der Waals surface area (Å²) >= 11 is 1.68. The maximum atomic E-state index is 5.82. The molecule has 0 N–H and O–H groups in total. The first-order chi connectivity index (χ1) is 15.3. The van der Waals surface area contributed by atoms with Crippen LogP contribution < -0.4 is 14.3 Å². The van der Waals surface area contributed by atoms with E-state index in [1.165, 1.54) is 5.56 Å². The number of morpholine rings is 1. The van der Waals surface area contributed by atoms with Gasteiger partial charge in [0.1, 0.15) is 13.2 Å². The van der Waals surface area contributed by atoms with Gasteiger partial charge in [-0.1, -0.05) is 17.7 Å². The van der Waals surface area contributed by atoms with Gasteiger partial charge in [0.25, 0.3) is 0 Å². The summed E-state index contributed by atoms with van der Waals surface area (Å²) < 4.78 is 19.3. The number of rotatable bonds is 5. The van der Waals surface area contributed by atoms with Gasteiger partial charge in [-0.05, 0) is 37.3 Å². The van der Waals surface area contributed by atoms with Crippen molar-refractivity contribution >= 4 is 17.0 Å². The number of benzene rings is 2. The van der Waals surface area contributed by atoms with Gasteiger partial charge in [0.2, 0.25) is 0 Å². The molecule has 0 atom stereocenters. The lowest BCUT2D eigenvalue weighted by Gasteiger charge is -2.27. The fourth-order valence-electron chi connectivity index (χ4n) is 3.86. The maximum Gasteiger partial charge on any atom is 0.190 e. The van der Waals surface area contributed by atoms with Crippen molar-refractivity contribution in [2.75, 3.05) is 46.1 Å². The van der Waals surface area contributed by atoms with Crippen LogP contribution in [0.4, 0.5) is 5.69 Å². The smallest absolute Gasteiger partial charge is 0.190 e. The molecule has 162 valence electrons. The highest BCUT2D eigenvalue weighted by atomic mass is 32.1. The van der Waals surface area contributed by atoms with Gasteiger partial charge in [-0.3, -0.25) is 4.90 Å². The molecule has 5 rings (SSSR count). The Morgan fingerprint density at radius 2 is 1.68 bits per heavy atom. The minimum atomic E-state index is 0.588. The van der Waals surface area contributed by atoms with E-state index in [2.05, 4.69) is 58.2 Å². The third-order valence-corrected chi connectivity index (χ3v) is 6.50. The van der Waals surface area contributed by atoms with Crippen molar-refractivity contribution in [2.45, 2.75) is 13.5 Å². The Labute approximate surface area is 186 Å². The molecule has 0 saturated carbocycles. The van der Waals surface area contributed by atoms with E-state index in [-0.39, 0.29) is 0 Å². The largest absolute Gasteiger partial charge is 0.486 e. The average Bonchev–Trinajstić information content (AvgIpc) is 3.22. The van der Waals surface area contributed by atoms with Crippen molar-refractivity contribution < 1.29 is 14.2 Å². The summed E-state index contributed by atoms with van der Waals surface area (Å²) in [5.41, 5.74) is 4.48. The molecule has 31 heavy (non-hydrogen) atoms. The number of nitrogens with zero attached hydrogens (tertiary/aromatic N) is 3. The lowest BCUT2D eigenvalue weighted by Crippen LogP contribution is -2.39. The van der Waals surface area contributed by atoms with Crippen molar-refractivity contribution in [3.63, 3.8) is 0 Å². The second kappa shape index (κ2) is 9.26. The first-order valence-electron chi connectivity index (χ1n) is 10.8.